The van der Waals surface area contributed by atoms with E-state index in [1.54, 1.807) is 0 Å². The minimum Gasteiger partial charge on any atom is -0.376 e. The first kappa shape index (κ1) is 16.5. The van der Waals surface area contributed by atoms with Gasteiger partial charge in [0.2, 0.25) is 0 Å². The number of benzene rings is 1. The van der Waals surface area contributed by atoms with Crippen molar-refractivity contribution in [2.75, 3.05) is 13.2 Å². The first-order valence-corrected chi connectivity index (χ1v) is 8.52. The molecular formula is C19H31NO. The minimum atomic E-state index is 0.312. The number of nitrogens with one attached hydrogen (secondary N) is 1. The van der Waals surface area contributed by atoms with Crippen LogP contribution < -0.4 is 5.32 Å². The molecule has 0 aliphatic heterocycles. The summed E-state index contributed by atoms with van der Waals surface area (Å²) < 4.78 is 6.25. The molecule has 1 aromatic carbocycles. The summed E-state index contributed by atoms with van der Waals surface area (Å²) in [6, 6.07) is 7.02. The van der Waals surface area contributed by atoms with E-state index in [0.29, 0.717) is 12.1 Å². The van der Waals surface area contributed by atoms with E-state index in [4.69, 9.17) is 4.74 Å². The summed E-state index contributed by atoms with van der Waals surface area (Å²) in [5.74, 6) is 0.821. The fraction of sp³-hybridized carbons (Fsp3) is 0.684. The summed E-state index contributed by atoms with van der Waals surface area (Å²) in [6.07, 6.45) is 5.61. The zero-order valence-corrected chi connectivity index (χ0v) is 14.1. The Bertz CT molecular complexity index is 443. The average Bonchev–Trinajstić information content (AvgIpc) is 2.46. The predicted molar refractivity (Wildman–Crippen MR) is 89.7 cm³/mol. The highest BCUT2D eigenvalue weighted by molar-refractivity contribution is 5.33. The van der Waals surface area contributed by atoms with E-state index < -0.39 is 0 Å². The molecule has 0 amide bonds. The second-order valence-corrected chi connectivity index (χ2v) is 6.70. The lowest BCUT2D eigenvalue weighted by Crippen LogP contribution is -2.30. The van der Waals surface area contributed by atoms with Crippen LogP contribution in [0.15, 0.2) is 18.2 Å². The number of ether oxygens (including phenoxy) is 1. The normalized spacial score (nSPS) is 24.0. The molecule has 0 saturated heterocycles. The third-order valence-corrected chi connectivity index (χ3v) is 4.65. The summed E-state index contributed by atoms with van der Waals surface area (Å²) >= 11 is 0. The maximum absolute atomic E-state index is 6.25. The van der Waals surface area contributed by atoms with Crippen LogP contribution >= 0.6 is 0 Å². The third-order valence-electron chi connectivity index (χ3n) is 4.65. The Morgan fingerprint density at radius 2 is 2.10 bits per heavy atom. The van der Waals surface area contributed by atoms with Crippen LogP contribution in [0.2, 0.25) is 0 Å². The van der Waals surface area contributed by atoms with E-state index in [0.717, 1.165) is 19.1 Å². The molecule has 1 aliphatic rings. The van der Waals surface area contributed by atoms with Crippen LogP contribution in [0.5, 0.6) is 0 Å². The van der Waals surface area contributed by atoms with Crippen molar-refractivity contribution >= 4 is 0 Å². The van der Waals surface area contributed by atoms with Crippen molar-refractivity contribution in [3.63, 3.8) is 0 Å². The molecule has 0 bridgehead atoms. The molecule has 1 fully saturated rings. The Hall–Kier alpha value is -0.860. The molecule has 2 nitrogen and oxygen atoms in total. The van der Waals surface area contributed by atoms with Gasteiger partial charge < -0.3 is 10.1 Å². The summed E-state index contributed by atoms with van der Waals surface area (Å²) in [7, 11) is 0. The van der Waals surface area contributed by atoms with Crippen molar-refractivity contribution < 1.29 is 4.74 Å². The van der Waals surface area contributed by atoms with E-state index in [9.17, 15) is 0 Å². The number of aryl methyl sites for hydroxylation is 2. The number of rotatable bonds is 6. The predicted octanol–water partition coefficient (Wildman–Crippen LogP) is 4.55. The summed E-state index contributed by atoms with van der Waals surface area (Å²) in [6.45, 7) is 10.6. The SMILES string of the molecule is CCNC(COC1CCCC(C)C1)c1cc(C)ccc1C. The van der Waals surface area contributed by atoms with E-state index in [2.05, 4.69) is 51.2 Å². The van der Waals surface area contributed by atoms with Crippen LogP contribution in [0, 0.1) is 19.8 Å². The van der Waals surface area contributed by atoms with Crippen molar-refractivity contribution in [2.24, 2.45) is 5.92 Å². The topological polar surface area (TPSA) is 21.3 Å². The number of hydrogen-bond donors (Lipinski definition) is 1. The van der Waals surface area contributed by atoms with Gasteiger partial charge in [0.1, 0.15) is 0 Å². The van der Waals surface area contributed by atoms with Gasteiger partial charge in [0.25, 0.3) is 0 Å². The molecule has 3 unspecified atom stereocenters. The number of likely N-dealkylation sites (N-methyl/N-ethyl adjacent to an activating group) is 1. The largest absolute Gasteiger partial charge is 0.376 e. The van der Waals surface area contributed by atoms with Crippen molar-refractivity contribution in [2.45, 2.75) is 65.5 Å². The van der Waals surface area contributed by atoms with Gasteiger partial charge in [-0.3, -0.25) is 0 Å². The van der Waals surface area contributed by atoms with Crippen LogP contribution in [0.4, 0.5) is 0 Å². The van der Waals surface area contributed by atoms with Crippen LogP contribution in [0.25, 0.3) is 0 Å². The van der Waals surface area contributed by atoms with Gasteiger partial charge in [0, 0.05) is 0 Å². The molecule has 1 N–H and O–H groups in total. The van der Waals surface area contributed by atoms with Gasteiger partial charge in [-0.2, -0.15) is 0 Å². The van der Waals surface area contributed by atoms with E-state index >= 15 is 0 Å². The molecule has 0 spiro atoms. The molecule has 21 heavy (non-hydrogen) atoms. The zero-order chi connectivity index (χ0) is 15.2. The Morgan fingerprint density at radius 3 is 2.81 bits per heavy atom. The molecule has 1 saturated carbocycles. The Morgan fingerprint density at radius 1 is 1.29 bits per heavy atom. The standard InChI is InChI=1S/C19H31NO/c1-5-20-19(18-12-15(3)9-10-16(18)4)13-21-17-8-6-7-14(2)11-17/h9-10,12,14,17,19-20H,5-8,11,13H2,1-4H3. The quantitative estimate of drug-likeness (QED) is 0.829. The van der Waals surface area contributed by atoms with Crippen LogP contribution in [-0.2, 0) is 4.74 Å². The number of hydrogen-bond acceptors (Lipinski definition) is 2. The van der Waals surface area contributed by atoms with E-state index in [1.807, 2.05) is 0 Å². The third kappa shape index (κ3) is 4.82. The van der Waals surface area contributed by atoms with Crippen LogP contribution in [0.3, 0.4) is 0 Å². The lowest BCUT2D eigenvalue weighted by molar-refractivity contribution is 0.00409. The van der Waals surface area contributed by atoms with Gasteiger partial charge in [-0.25, -0.2) is 0 Å². The maximum Gasteiger partial charge on any atom is 0.0665 e. The first-order chi connectivity index (χ1) is 10.1. The highest BCUT2D eigenvalue weighted by Gasteiger charge is 2.21. The van der Waals surface area contributed by atoms with Crippen molar-refractivity contribution in [1.29, 1.82) is 0 Å². The van der Waals surface area contributed by atoms with Crippen molar-refractivity contribution in [1.82, 2.24) is 5.32 Å². The molecule has 118 valence electrons. The molecule has 0 heterocycles. The van der Waals surface area contributed by atoms with Crippen LogP contribution in [0.1, 0.15) is 62.3 Å². The molecule has 2 heteroatoms. The lowest BCUT2D eigenvalue weighted by atomic mass is 9.88. The highest BCUT2D eigenvalue weighted by atomic mass is 16.5. The molecule has 0 radical (unpaired) electrons. The van der Waals surface area contributed by atoms with Crippen molar-refractivity contribution in [3.05, 3.63) is 34.9 Å². The minimum absolute atomic E-state index is 0.312. The molecule has 1 aliphatic carbocycles. The van der Waals surface area contributed by atoms with Gasteiger partial charge in [-0.05, 0) is 50.3 Å². The fourth-order valence-corrected chi connectivity index (χ4v) is 3.40. The molecule has 2 rings (SSSR count). The average molecular weight is 289 g/mol. The van der Waals surface area contributed by atoms with E-state index in [-0.39, 0.29) is 0 Å². The maximum atomic E-state index is 6.25. The monoisotopic (exact) mass is 289 g/mol. The highest BCUT2D eigenvalue weighted by Crippen LogP contribution is 2.27. The molecule has 0 aromatic heterocycles. The Labute approximate surface area is 130 Å². The molecule has 1 aromatic rings. The smallest absolute Gasteiger partial charge is 0.0665 e. The molecule has 3 atom stereocenters. The zero-order valence-electron chi connectivity index (χ0n) is 14.1. The van der Waals surface area contributed by atoms with Gasteiger partial charge in [0.05, 0.1) is 18.8 Å². The summed E-state index contributed by atoms with van der Waals surface area (Å²) in [4.78, 5) is 0. The fourth-order valence-electron chi connectivity index (χ4n) is 3.40. The lowest BCUT2D eigenvalue weighted by Gasteiger charge is -2.29. The first-order valence-electron chi connectivity index (χ1n) is 8.52. The van der Waals surface area contributed by atoms with Gasteiger partial charge in [-0.15, -0.1) is 0 Å². The summed E-state index contributed by atoms with van der Waals surface area (Å²) in [5, 5.41) is 3.59. The van der Waals surface area contributed by atoms with E-state index in [1.165, 1.54) is 42.4 Å². The van der Waals surface area contributed by atoms with Crippen LogP contribution in [-0.4, -0.2) is 19.3 Å². The van der Waals surface area contributed by atoms with Gasteiger partial charge in [-0.1, -0.05) is 50.5 Å². The van der Waals surface area contributed by atoms with Crippen molar-refractivity contribution in [3.8, 4) is 0 Å². The Balaban J connectivity index is 2.00. The molecular weight excluding hydrogens is 258 g/mol. The van der Waals surface area contributed by atoms with Gasteiger partial charge >= 0.3 is 0 Å². The van der Waals surface area contributed by atoms with Gasteiger partial charge in [0.15, 0.2) is 0 Å². The second kappa shape index (κ2) is 7.95. The Kier molecular flexibility index (Phi) is 6.25. The second-order valence-electron chi connectivity index (χ2n) is 6.70. The summed E-state index contributed by atoms with van der Waals surface area (Å²) in [5.41, 5.74) is 4.07.